The molecule has 1 fully saturated rings. The average Bonchev–Trinajstić information content (AvgIpc) is 2.37. The second-order valence-electron chi connectivity index (χ2n) is 2.23. The van der Waals surface area contributed by atoms with Crippen LogP contribution in [0, 0.1) is 31.6 Å². The molecular weight excluding hydrogens is 110 g/mol. The average molecular weight is 122 g/mol. The highest BCUT2D eigenvalue weighted by Crippen LogP contribution is 2.25. The number of hydrogen-bond acceptors (Lipinski definition) is 1. The van der Waals surface area contributed by atoms with E-state index in [0.29, 0.717) is 6.04 Å². The second-order valence-corrected chi connectivity index (χ2v) is 2.23. The zero-order valence-corrected chi connectivity index (χ0v) is 5.89. The highest BCUT2D eigenvalue weighted by atomic mass is 14.9. The van der Waals surface area contributed by atoms with Crippen molar-refractivity contribution in [2.24, 2.45) is 0 Å². The Kier molecular flexibility index (Phi) is 2.52. The lowest BCUT2D eigenvalue weighted by Crippen LogP contribution is -2.27. The van der Waals surface area contributed by atoms with Crippen molar-refractivity contribution in [2.75, 3.05) is 7.05 Å². The Bertz CT molecular complexity index is 74.6. The largest absolute Gasteiger partial charge is 0.317 e. The van der Waals surface area contributed by atoms with Crippen molar-refractivity contribution in [1.29, 1.82) is 0 Å². The quantitative estimate of drug-likeness (QED) is 0.576. The summed E-state index contributed by atoms with van der Waals surface area (Å²) in [7, 11) is 1.97. The van der Waals surface area contributed by atoms with Gasteiger partial charge in [-0.05, 0) is 45.6 Å². The van der Waals surface area contributed by atoms with Gasteiger partial charge in [0.25, 0.3) is 0 Å². The molecule has 49 valence electrons. The molecule has 1 aliphatic rings. The lowest BCUT2D eigenvalue weighted by molar-refractivity contribution is 0.654. The molecule has 1 N–H and O–H groups in total. The molecule has 1 nitrogen and oxygen atoms in total. The van der Waals surface area contributed by atoms with Crippen LogP contribution in [0.1, 0.15) is 6.92 Å². The summed E-state index contributed by atoms with van der Waals surface area (Å²) in [5.41, 5.74) is 0. The summed E-state index contributed by atoms with van der Waals surface area (Å²) in [6.07, 6.45) is 8.37. The lowest BCUT2D eigenvalue weighted by atomic mass is 10.0. The van der Waals surface area contributed by atoms with Gasteiger partial charge in [-0.1, -0.05) is 0 Å². The van der Waals surface area contributed by atoms with Crippen LogP contribution in [-0.4, -0.2) is 13.1 Å². The van der Waals surface area contributed by atoms with Crippen molar-refractivity contribution in [3.8, 4) is 0 Å². The Morgan fingerprint density at radius 1 is 1.33 bits per heavy atom. The fourth-order valence-electron chi connectivity index (χ4n) is 0.844. The maximum Gasteiger partial charge on any atom is 0.0104 e. The van der Waals surface area contributed by atoms with E-state index in [4.69, 9.17) is 0 Å². The van der Waals surface area contributed by atoms with Gasteiger partial charge in [0.1, 0.15) is 0 Å². The standard InChI is InChI=1S/C8H12N/c1-7(9-2)8-5-3-4-6-8/h3-7,9H,1-2H3/t7-/m1/s1. The van der Waals surface area contributed by atoms with Gasteiger partial charge in [-0.25, -0.2) is 0 Å². The van der Waals surface area contributed by atoms with E-state index in [0.717, 1.165) is 0 Å². The topological polar surface area (TPSA) is 12.0 Å². The first-order valence-corrected chi connectivity index (χ1v) is 3.23. The van der Waals surface area contributed by atoms with Gasteiger partial charge in [-0.15, -0.1) is 0 Å². The molecule has 0 heterocycles. The smallest absolute Gasteiger partial charge is 0.0104 e. The Morgan fingerprint density at radius 2 is 1.89 bits per heavy atom. The molecule has 1 saturated carbocycles. The molecule has 1 rings (SSSR count). The molecule has 0 aliphatic heterocycles. The molecule has 1 atom stereocenters. The van der Waals surface area contributed by atoms with Crippen molar-refractivity contribution in [3.63, 3.8) is 0 Å². The van der Waals surface area contributed by atoms with E-state index < -0.39 is 0 Å². The molecule has 9 heavy (non-hydrogen) atoms. The normalized spacial score (nSPS) is 24.7. The first kappa shape index (κ1) is 7.07. The minimum Gasteiger partial charge on any atom is -0.317 e. The summed E-state index contributed by atoms with van der Waals surface area (Å²) < 4.78 is 0. The SMILES string of the molecule is CN[C@H](C)[C]1[CH][CH][CH][CH]1. The maximum atomic E-state index is 3.17. The summed E-state index contributed by atoms with van der Waals surface area (Å²) in [5.74, 6) is 1.36. The third-order valence-corrected chi connectivity index (χ3v) is 1.62. The molecule has 1 aliphatic carbocycles. The van der Waals surface area contributed by atoms with Gasteiger partial charge >= 0.3 is 0 Å². The van der Waals surface area contributed by atoms with Crippen LogP contribution in [-0.2, 0) is 0 Å². The third-order valence-electron chi connectivity index (χ3n) is 1.62. The third kappa shape index (κ3) is 1.68. The second kappa shape index (κ2) is 3.21. The van der Waals surface area contributed by atoms with Crippen molar-refractivity contribution >= 4 is 0 Å². The van der Waals surface area contributed by atoms with E-state index in [-0.39, 0.29) is 0 Å². The summed E-state index contributed by atoms with van der Waals surface area (Å²) in [6, 6.07) is 0.486. The minimum atomic E-state index is 0.486. The highest BCUT2D eigenvalue weighted by Gasteiger charge is 2.21. The van der Waals surface area contributed by atoms with E-state index in [1.54, 1.807) is 0 Å². The monoisotopic (exact) mass is 122 g/mol. The molecule has 0 aromatic carbocycles. The van der Waals surface area contributed by atoms with Crippen LogP contribution in [0.3, 0.4) is 0 Å². The van der Waals surface area contributed by atoms with Gasteiger partial charge in [0, 0.05) is 6.04 Å². The van der Waals surface area contributed by atoms with Crippen molar-refractivity contribution in [2.45, 2.75) is 13.0 Å². The molecule has 0 unspecified atom stereocenters. The molecule has 0 aromatic heterocycles. The van der Waals surface area contributed by atoms with Crippen molar-refractivity contribution < 1.29 is 0 Å². The van der Waals surface area contributed by atoms with Crippen LogP contribution in [0.25, 0.3) is 0 Å². The van der Waals surface area contributed by atoms with E-state index in [9.17, 15) is 0 Å². The first-order chi connectivity index (χ1) is 4.34. The van der Waals surface area contributed by atoms with Crippen LogP contribution in [0.5, 0.6) is 0 Å². The summed E-state index contributed by atoms with van der Waals surface area (Å²) in [5, 5.41) is 3.17. The molecule has 5 radical (unpaired) electrons. The van der Waals surface area contributed by atoms with E-state index in [2.05, 4.69) is 37.9 Å². The zero-order chi connectivity index (χ0) is 6.69. The van der Waals surface area contributed by atoms with Crippen molar-refractivity contribution in [3.05, 3.63) is 31.6 Å². The molecule has 0 saturated heterocycles. The molecule has 0 amide bonds. The lowest BCUT2D eigenvalue weighted by Gasteiger charge is -2.15. The predicted molar refractivity (Wildman–Crippen MR) is 39.0 cm³/mol. The van der Waals surface area contributed by atoms with Gasteiger partial charge in [0.2, 0.25) is 0 Å². The molecular formula is C8H12N. The van der Waals surface area contributed by atoms with Crippen LogP contribution < -0.4 is 5.32 Å². The molecule has 0 bridgehead atoms. The predicted octanol–water partition coefficient (Wildman–Crippen LogP) is 1.000. The fourth-order valence-corrected chi connectivity index (χ4v) is 0.844. The van der Waals surface area contributed by atoms with E-state index in [1.807, 2.05) is 7.05 Å². The maximum absolute atomic E-state index is 3.17. The zero-order valence-electron chi connectivity index (χ0n) is 5.89. The molecule has 0 spiro atoms. The van der Waals surface area contributed by atoms with Gasteiger partial charge in [0.05, 0.1) is 0 Å². The van der Waals surface area contributed by atoms with Crippen LogP contribution in [0.15, 0.2) is 0 Å². The molecule has 0 aromatic rings. The van der Waals surface area contributed by atoms with E-state index >= 15 is 0 Å². The highest BCUT2D eigenvalue weighted by molar-refractivity contribution is 5.37. The number of rotatable bonds is 2. The van der Waals surface area contributed by atoms with Crippen LogP contribution in [0.2, 0.25) is 0 Å². The summed E-state index contributed by atoms with van der Waals surface area (Å²) in [4.78, 5) is 0. The van der Waals surface area contributed by atoms with Gasteiger partial charge in [0.15, 0.2) is 0 Å². The summed E-state index contributed by atoms with van der Waals surface area (Å²) in [6.45, 7) is 2.15. The Hall–Kier alpha value is -0.0400. The number of hydrogen-bond donors (Lipinski definition) is 1. The van der Waals surface area contributed by atoms with Crippen LogP contribution >= 0.6 is 0 Å². The van der Waals surface area contributed by atoms with Crippen LogP contribution in [0.4, 0.5) is 0 Å². The van der Waals surface area contributed by atoms with Gasteiger partial charge in [-0.3, -0.25) is 0 Å². The fraction of sp³-hybridized carbons (Fsp3) is 0.375. The van der Waals surface area contributed by atoms with Gasteiger partial charge in [-0.2, -0.15) is 0 Å². The Morgan fingerprint density at radius 3 is 2.33 bits per heavy atom. The summed E-state index contributed by atoms with van der Waals surface area (Å²) >= 11 is 0. The Balaban J connectivity index is 2.24. The Labute approximate surface area is 57.8 Å². The van der Waals surface area contributed by atoms with E-state index in [1.165, 1.54) is 5.92 Å². The number of nitrogens with one attached hydrogen (secondary N) is 1. The van der Waals surface area contributed by atoms with Gasteiger partial charge < -0.3 is 5.32 Å². The molecule has 1 heteroatoms. The minimum absolute atomic E-state index is 0.486. The van der Waals surface area contributed by atoms with Crippen molar-refractivity contribution in [1.82, 2.24) is 5.32 Å². The first-order valence-electron chi connectivity index (χ1n) is 3.23.